The van der Waals surface area contributed by atoms with Gasteiger partial charge in [-0.05, 0) is 56.9 Å². The highest BCUT2D eigenvalue weighted by Gasteiger charge is 2.38. The molecule has 0 spiro atoms. The number of amides is 2. The van der Waals surface area contributed by atoms with E-state index in [4.69, 9.17) is 4.74 Å². The average Bonchev–Trinajstić information content (AvgIpc) is 3.55. The molecule has 1 aliphatic carbocycles. The van der Waals surface area contributed by atoms with Crippen molar-refractivity contribution < 1.29 is 24.2 Å². The number of cyclic esters (lactones) is 1. The van der Waals surface area contributed by atoms with E-state index in [1.54, 1.807) is 0 Å². The number of aliphatic hydroxyl groups excluding tert-OH is 1. The number of fused-ring (bicyclic) bond motifs is 1. The van der Waals surface area contributed by atoms with Crippen LogP contribution in [0.4, 0.5) is 0 Å². The number of carbonyl (C=O) groups excluding carboxylic acids is 3. The number of hydrogen-bond acceptors (Lipinski definition) is 5. The number of nitrogens with zero attached hydrogens (tertiary/aromatic N) is 1. The summed E-state index contributed by atoms with van der Waals surface area (Å²) in [6.07, 6.45) is 11.8. The predicted octanol–water partition coefficient (Wildman–Crippen LogP) is 3.55. The Kier molecular flexibility index (Phi) is 9.19. The molecule has 3 atom stereocenters. The van der Waals surface area contributed by atoms with Gasteiger partial charge in [-0.3, -0.25) is 14.4 Å². The molecule has 2 amide bonds. The maximum Gasteiger partial charge on any atom is 0.309 e. The molecule has 4 rings (SSSR count). The Morgan fingerprint density at radius 1 is 1.06 bits per heavy atom. The highest BCUT2D eigenvalue weighted by Crippen LogP contribution is 2.30. The number of carbonyl (C=O) groups is 3. The summed E-state index contributed by atoms with van der Waals surface area (Å²) in [6, 6.07) is 9.84. The molecule has 2 N–H and O–H groups in total. The third-order valence-corrected chi connectivity index (χ3v) is 8.05. The van der Waals surface area contributed by atoms with Gasteiger partial charge in [0.05, 0.1) is 30.0 Å². The molecule has 1 aromatic carbocycles. The number of nitrogens with one attached hydrogen (secondary N) is 1. The number of esters is 1. The fraction of sp³-hybridized carbons (Fsp3) is 0.621. The Balaban J connectivity index is 1.45. The van der Waals surface area contributed by atoms with Crippen molar-refractivity contribution in [1.29, 1.82) is 0 Å². The molecule has 36 heavy (non-hydrogen) atoms. The molecule has 1 aromatic rings. The van der Waals surface area contributed by atoms with E-state index in [0.29, 0.717) is 32.2 Å². The SMILES string of the molecule is O=C(C[C@H]1CC=CCC[C@H](Cc2ccccc2)C(=O)OC[C@@H]2CCCN2C1=O)NC1(CO)CCCC1. The first kappa shape index (κ1) is 26.4. The molecule has 3 aliphatic rings. The van der Waals surface area contributed by atoms with Crippen molar-refractivity contribution in [2.24, 2.45) is 11.8 Å². The van der Waals surface area contributed by atoms with Gasteiger partial charge in [0.2, 0.25) is 11.8 Å². The number of aliphatic hydroxyl groups is 1. The molecule has 7 nitrogen and oxygen atoms in total. The van der Waals surface area contributed by atoms with Crippen LogP contribution in [0.5, 0.6) is 0 Å². The van der Waals surface area contributed by atoms with Gasteiger partial charge in [0.1, 0.15) is 6.61 Å². The Morgan fingerprint density at radius 3 is 2.58 bits per heavy atom. The lowest BCUT2D eigenvalue weighted by molar-refractivity contribution is -0.152. The first-order chi connectivity index (χ1) is 17.5. The molecule has 7 heteroatoms. The van der Waals surface area contributed by atoms with Crippen LogP contribution in [-0.4, -0.2) is 59.1 Å². The van der Waals surface area contributed by atoms with E-state index in [1.165, 1.54) is 0 Å². The maximum absolute atomic E-state index is 13.6. The molecule has 2 heterocycles. The molecule has 0 unspecified atom stereocenters. The van der Waals surface area contributed by atoms with E-state index in [2.05, 4.69) is 5.32 Å². The van der Waals surface area contributed by atoms with Gasteiger partial charge in [-0.2, -0.15) is 0 Å². The van der Waals surface area contributed by atoms with Gasteiger partial charge in [0, 0.05) is 13.0 Å². The van der Waals surface area contributed by atoms with Gasteiger partial charge in [-0.15, -0.1) is 0 Å². The highest BCUT2D eigenvalue weighted by molar-refractivity contribution is 5.86. The van der Waals surface area contributed by atoms with Crippen molar-refractivity contribution >= 4 is 17.8 Å². The molecule has 0 aromatic heterocycles. The fourth-order valence-electron chi connectivity index (χ4n) is 5.92. The topological polar surface area (TPSA) is 95.9 Å². The first-order valence-electron chi connectivity index (χ1n) is 13.6. The van der Waals surface area contributed by atoms with Crippen LogP contribution in [0.15, 0.2) is 42.5 Å². The minimum atomic E-state index is -0.544. The van der Waals surface area contributed by atoms with Crippen LogP contribution < -0.4 is 5.32 Å². The summed E-state index contributed by atoms with van der Waals surface area (Å²) in [5, 5.41) is 12.9. The largest absolute Gasteiger partial charge is 0.463 e. The lowest BCUT2D eigenvalue weighted by Gasteiger charge is -2.31. The fourth-order valence-corrected chi connectivity index (χ4v) is 5.92. The molecule has 196 valence electrons. The summed E-state index contributed by atoms with van der Waals surface area (Å²) in [6.45, 7) is 0.758. The van der Waals surface area contributed by atoms with E-state index in [0.717, 1.165) is 44.1 Å². The van der Waals surface area contributed by atoms with E-state index >= 15 is 0 Å². The van der Waals surface area contributed by atoms with E-state index in [1.807, 2.05) is 47.4 Å². The second-order valence-corrected chi connectivity index (χ2v) is 10.7. The van der Waals surface area contributed by atoms with Crippen molar-refractivity contribution in [3.05, 3.63) is 48.0 Å². The lowest BCUT2D eigenvalue weighted by atomic mass is 9.93. The Hall–Kier alpha value is -2.67. The Bertz CT molecular complexity index is 925. The summed E-state index contributed by atoms with van der Waals surface area (Å²) in [7, 11) is 0. The zero-order valence-electron chi connectivity index (χ0n) is 21.2. The van der Waals surface area contributed by atoms with E-state index in [9.17, 15) is 19.5 Å². The minimum Gasteiger partial charge on any atom is -0.463 e. The Labute approximate surface area is 214 Å². The number of benzene rings is 1. The second kappa shape index (κ2) is 12.5. The van der Waals surface area contributed by atoms with Crippen LogP contribution in [0.25, 0.3) is 0 Å². The standard InChI is InChI=1S/C29H40N2O5/c32-21-29(15-7-8-16-29)30-26(33)19-23-12-5-2-6-13-24(18-22-10-3-1-4-11-22)28(35)36-20-25-14-9-17-31(25)27(23)34/h1-5,10-11,23-25,32H,6-9,12-21H2,(H,30,33)/t23-,24-,25+/m1/s1. The smallest absolute Gasteiger partial charge is 0.309 e. The first-order valence-corrected chi connectivity index (χ1v) is 13.6. The summed E-state index contributed by atoms with van der Waals surface area (Å²) in [4.78, 5) is 41.4. The summed E-state index contributed by atoms with van der Waals surface area (Å²) in [5.41, 5.74) is 0.566. The summed E-state index contributed by atoms with van der Waals surface area (Å²) >= 11 is 0. The van der Waals surface area contributed by atoms with Crippen LogP contribution in [-0.2, 0) is 25.5 Å². The zero-order valence-corrected chi connectivity index (χ0v) is 21.2. The summed E-state index contributed by atoms with van der Waals surface area (Å²) in [5.74, 6) is -1.11. The number of allylic oxidation sites excluding steroid dienone is 2. The van der Waals surface area contributed by atoms with Crippen LogP contribution in [0, 0.1) is 11.8 Å². The van der Waals surface area contributed by atoms with Gasteiger partial charge in [-0.1, -0.05) is 55.3 Å². The summed E-state index contributed by atoms with van der Waals surface area (Å²) < 4.78 is 5.77. The molecular formula is C29H40N2O5. The van der Waals surface area contributed by atoms with Crippen LogP contribution in [0.2, 0.25) is 0 Å². The number of ether oxygens (including phenoxy) is 1. The monoisotopic (exact) mass is 496 g/mol. The van der Waals surface area contributed by atoms with Crippen molar-refractivity contribution in [1.82, 2.24) is 10.2 Å². The zero-order chi connectivity index (χ0) is 25.4. The molecule has 1 saturated carbocycles. The highest BCUT2D eigenvalue weighted by atomic mass is 16.5. The quantitative estimate of drug-likeness (QED) is 0.464. The third kappa shape index (κ3) is 6.75. The van der Waals surface area contributed by atoms with Crippen molar-refractivity contribution in [2.75, 3.05) is 19.8 Å². The van der Waals surface area contributed by atoms with Crippen molar-refractivity contribution in [3.8, 4) is 0 Å². The van der Waals surface area contributed by atoms with E-state index in [-0.39, 0.29) is 49.4 Å². The second-order valence-electron chi connectivity index (χ2n) is 10.7. The predicted molar refractivity (Wildman–Crippen MR) is 137 cm³/mol. The van der Waals surface area contributed by atoms with Gasteiger partial charge in [-0.25, -0.2) is 0 Å². The average molecular weight is 497 g/mol. The molecule has 1 saturated heterocycles. The van der Waals surface area contributed by atoms with Gasteiger partial charge < -0.3 is 20.1 Å². The van der Waals surface area contributed by atoms with Gasteiger partial charge in [0.25, 0.3) is 0 Å². The number of rotatable bonds is 6. The molecule has 2 fully saturated rings. The van der Waals surface area contributed by atoms with Crippen molar-refractivity contribution in [3.63, 3.8) is 0 Å². The molecule has 2 aliphatic heterocycles. The van der Waals surface area contributed by atoms with Crippen LogP contribution >= 0.6 is 0 Å². The third-order valence-electron chi connectivity index (χ3n) is 8.05. The molecule has 0 radical (unpaired) electrons. The maximum atomic E-state index is 13.6. The van der Waals surface area contributed by atoms with Crippen LogP contribution in [0.3, 0.4) is 0 Å². The van der Waals surface area contributed by atoms with Crippen molar-refractivity contribution in [2.45, 2.75) is 82.2 Å². The molecule has 0 bridgehead atoms. The lowest BCUT2D eigenvalue weighted by Crippen LogP contribution is -2.50. The minimum absolute atomic E-state index is 0.0436. The number of hydrogen-bond donors (Lipinski definition) is 2. The van der Waals surface area contributed by atoms with Gasteiger partial charge in [0.15, 0.2) is 0 Å². The van der Waals surface area contributed by atoms with E-state index < -0.39 is 11.5 Å². The Morgan fingerprint density at radius 2 is 1.83 bits per heavy atom. The van der Waals surface area contributed by atoms with Crippen LogP contribution in [0.1, 0.15) is 69.8 Å². The van der Waals surface area contributed by atoms with Gasteiger partial charge >= 0.3 is 5.97 Å². The molecular weight excluding hydrogens is 456 g/mol. The normalized spacial score (nSPS) is 26.9.